The molecule has 0 aromatic heterocycles. The van der Waals surface area contributed by atoms with Gasteiger partial charge in [-0.05, 0) is 0 Å². The molecule has 2 N–H and O–H groups in total. The van der Waals surface area contributed by atoms with E-state index >= 15 is 0 Å². The lowest BCUT2D eigenvalue weighted by atomic mass is 10.1. The molecule has 44 valence electrons. The number of hydrogen-bond acceptors (Lipinski definition) is 2. The molecule has 8 heavy (non-hydrogen) atoms. The molecule has 0 amide bonds. The van der Waals surface area contributed by atoms with Crippen LogP contribution in [0, 0.1) is 0 Å². The second-order valence-electron chi connectivity index (χ2n) is 1.75. The van der Waals surface area contributed by atoms with Crippen LogP contribution in [0.3, 0.4) is 0 Å². The predicted octanol–water partition coefficient (Wildman–Crippen LogP) is -0.166. The fraction of sp³-hybridized carbons (Fsp3) is 0.333. The minimum atomic E-state index is -0.708. The van der Waals surface area contributed by atoms with Crippen LogP contribution in [0.5, 0.6) is 0 Å². The molecule has 0 unspecified atom stereocenters. The maximum atomic E-state index is 8.79. The molecule has 2 nitrogen and oxygen atoms in total. The number of hydrogen-bond donors (Lipinski definition) is 2. The lowest BCUT2D eigenvalue weighted by Crippen LogP contribution is -2.22. The minimum Gasteiger partial charge on any atom is -0.386 e. The van der Waals surface area contributed by atoms with Crippen molar-refractivity contribution in [1.82, 2.24) is 0 Å². The molecule has 0 aromatic carbocycles. The molecule has 0 heterocycles. The van der Waals surface area contributed by atoms with Crippen LogP contribution in [0.2, 0.25) is 0 Å². The van der Waals surface area contributed by atoms with E-state index in [0.717, 1.165) is 0 Å². The molecule has 0 saturated heterocycles. The van der Waals surface area contributed by atoms with Crippen LogP contribution in [-0.4, -0.2) is 22.4 Å². The average Bonchev–Trinajstić information content (AvgIpc) is 1.77. The van der Waals surface area contributed by atoms with Gasteiger partial charge in [-0.15, -0.1) is 0 Å². The Kier molecular flexibility index (Phi) is 1.46. The van der Waals surface area contributed by atoms with Gasteiger partial charge in [-0.3, -0.25) is 0 Å². The third-order valence-corrected chi connectivity index (χ3v) is 1.08. The summed E-state index contributed by atoms with van der Waals surface area (Å²) in [5.74, 6) is 0. The highest BCUT2D eigenvalue weighted by atomic mass is 16.3. The van der Waals surface area contributed by atoms with E-state index in [1.807, 2.05) is 0 Å². The third-order valence-electron chi connectivity index (χ3n) is 1.08. The summed E-state index contributed by atoms with van der Waals surface area (Å²) in [6.07, 6.45) is 5.09. The molecule has 1 aliphatic carbocycles. The van der Waals surface area contributed by atoms with E-state index in [9.17, 15) is 0 Å². The predicted molar refractivity (Wildman–Crippen MR) is 30.3 cm³/mol. The van der Waals surface area contributed by atoms with Crippen LogP contribution < -0.4 is 0 Å². The van der Waals surface area contributed by atoms with E-state index in [1.54, 1.807) is 24.3 Å². The molecule has 0 spiro atoms. The Balaban J connectivity index is 2.59. The Bertz CT molecular complexity index is 110. The summed E-state index contributed by atoms with van der Waals surface area (Å²) >= 11 is 0. The van der Waals surface area contributed by atoms with Crippen molar-refractivity contribution in [1.29, 1.82) is 0 Å². The molecular weight excluding hydrogens is 104 g/mol. The van der Waals surface area contributed by atoms with Gasteiger partial charge in [0.15, 0.2) is 0 Å². The van der Waals surface area contributed by atoms with Crippen LogP contribution >= 0.6 is 0 Å². The van der Waals surface area contributed by atoms with Crippen molar-refractivity contribution in [3.8, 4) is 0 Å². The zero-order chi connectivity index (χ0) is 5.98. The molecule has 0 radical (unpaired) electrons. The second kappa shape index (κ2) is 2.11. The molecule has 1 rings (SSSR count). The van der Waals surface area contributed by atoms with Crippen LogP contribution in [0.4, 0.5) is 0 Å². The SMILES string of the molecule is O[C@@H]1C=CC=C[C@H]1O. The molecule has 1 aliphatic rings. The first-order valence-corrected chi connectivity index (χ1v) is 2.52. The summed E-state index contributed by atoms with van der Waals surface area (Å²) in [7, 11) is 0. The highest BCUT2D eigenvalue weighted by molar-refractivity contribution is 5.15. The molecule has 0 saturated carbocycles. The van der Waals surface area contributed by atoms with E-state index in [2.05, 4.69) is 0 Å². The Morgan fingerprint density at radius 2 is 1.25 bits per heavy atom. The van der Waals surface area contributed by atoms with Crippen molar-refractivity contribution in [3.63, 3.8) is 0 Å². The first-order valence-electron chi connectivity index (χ1n) is 2.52. The van der Waals surface area contributed by atoms with Crippen LogP contribution in [0.15, 0.2) is 24.3 Å². The summed E-state index contributed by atoms with van der Waals surface area (Å²) in [6.45, 7) is 0. The van der Waals surface area contributed by atoms with Gasteiger partial charge in [0.1, 0.15) is 12.2 Å². The standard InChI is InChI=1S/C6H8O2/c7-5-3-1-2-4-6(5)8/h1-8H/t5-,6-/m1/s1. The Morgan fingerprint density at radius 3 is 1.50 bits per heavy atom. The van der Waals surface area contributed by atoms with Gasteiger partial charge in [0, 0.05) is 0 Å². The summed E-state index contributed by atoms with van der Waals surface area (Å²) < 4.78 is 0. The van der Waals surface area contributed by atoms with Crippen LogP contribution in [-0.2, 0) is 0 Å². The first-order chi connectivity index (χ1) is 3.80. The summed E-state index contributed by atoms with van der Waals surface area (Å²) in [5.41, 5.74) is 0. The molecule has 0 aromatic rings. The van der Waals surface area contributed by atoms with Gasteiger partial charge >= 0.3 is 0 Å². The zero-order valence-corrected chi connectivity index (χ0v) is 4.36. The smallest absolute Gasteiger partial charge is 0.102 e. The number of allylic oxidation sites excluding steroid dienone is 2. The first kappa shape index (κ1) is 5.54. The summed E-state index contributed by atoms with van der Waals surface area (Å²) in [4.78, 5) is 0. The van der Waals surface area contributed by atoms with Gasteiger partial charge in [0.25, 0.3) is 0 Å². The molecule has 2 atom stereocenters. The quantitative estimate of drug-likeness (QED) is 0.457. The Labute approximate surface area is 47.8 Å². The highest BCUT2D eigenvalue weighted by Crippen LogP contribution is 2.02. The lowest BCUT2D eigenvalue weighted by molar-refractivity contribution is 0.0794. The van der Waals surface area contributed by atoms with Gasteiger partial charge in [0.05, 0.1) is 0 Å². The van der Waals surface area contributed by atoms with E-state index < -0.39 is 12.2 Å². The molecule has 2 heteroatoms. The Hall–Kier alpha value is -0.600. The summed E-state index contributed by atoms with van der Waals surface area (Å²) in [6, 6.07) is 0. The van der Waals surface area contributed by atoms with E-state index in [-0.39, 0.29) is 0 Å². The average molecular weight is 112 g/mol. The largest absolute Gasteiger partial charge is 0.386 e. The summed E-state index contributed by atoms with van der Waals surface area (Å²) in [5, 5.41) is 17.6. The molecule has 0 fully saturated rings. The van der Waals surface area contributed by atoms with Gasteiger partial charge in [-0.1, -0.05) is 24.3 Å². The fourth-order valence-corrected chi connectivity index (χ4v) is 0.584. The van der Waals surface area contributed by atoms with Gasteiger partial charge in [0.2, 0.25) is 0 Å². The van der Waals surface area contributed by atoms with Crippen molar-refractivity contribution in [2.24, 2.45) is 0 Å². The van der Waals surface area contributed by atoms with Crippen molar-refractivity contribution >= 4 is 0 Å². The van der Waals surface area contributed by atoms with Crippen molar-refractivity contribution < 1.29 is 10.2 Å². The van der Waals surface area contributed by atoms with Crippen molar-refractivity contribution in [3.05, 3.63) is 24.3 Å². The van der Waals surface area contributed by atoms with Crippen LogP contribution in [0.25, 0.3) is 0 Å². The van der Waals surface area contributed by atoms with Gasteiger partial charge in [-0.2, -0.15) is 0 Å². The van der Waals surface area contributed by atoms with Crippen LogP contribution in [0.1, 0.15) is 0 Å². The number of rotatable bonds is 0. The fourth-order valence-electron chi connectivity index (χ4n) is 0.584. The maximum absolute atomic E-state index is 8.79. The number of aliphatic hydroxyl groups is 2. The monoisotopic (exact) mass is 112 g/mol. The zero-order valence-electron chi connectivity index (χ0n) is 4.36. The molecular formula is C6H8O2. The van der Waals surface area contributed by atoms with E-state index in [1.165, 1.54) is 0 Å². The lowest BCUT2D eigenvalue weighted by Gasteiger charge is -2.11. The highest BCUT2D eigenvalue weighted by Gasteiger charge is 2.09. The normalized spacial score (nSPS) is 35.8. The third kappa shape index (κ3) is 0.967. The second-order valence-corrected chi connectivity index (χ2v) is 1.75. The van der Waals surface area contributed by atoms with Crippen molar-refractivity contribution in [2.75, 3.05) is 0 Å². The van der Waals surface area contributed by atoms with Crippen molar-refractivity contribution in [2.45, 2.75) is 12.2 Å². The molecule has 0 aliphatic heterocycles. The minimum absolute atomic E-state index is 0.708. The maximum Gasteiger partial charge on any atom is 0.102 e. The van der Waals surface area contributed by atoms with Gasteiger partial charge < -0.3 is 10.2 Å². The molecule has 0 bridgehead atoms. The van der Waals surface area contributed by atoms with Gasteiger partial charge in [-0.25, -0.2) is 0 Å². The topological polar surface area (TPSA) is 40.5 Å². The van der Waals surface area contributed by atoms with E-state index in [0.29, 0.717) is 0 Å². The Morgan fingerprint density at radius 1 is 0.875 bits per heavy atom. The van der Waals surface area contributed by atoms with E-state index in [4.69, 9.17) is 10.2 Å². The number of aliphatic hydroxyl groups excluding tert-OH is 2.